The molecule has 2 saturated heterocycles. The molecule has 27 heavy (non-hydrogen) atoms. The van der Waals surface area contributed by atoms with E-state index in [2.05, 4.69) is 34.1 Å². The summed E-state index contributed by atoms with van der Waals surface area (Å²) in [4.78, 5) is 5.42. The second-order valence-electron chi connectivity index (χ2n) is 8.27. The Balaban J connectivity index is 1.33. The molecule has 3 fully saturated rings. The molecule has 4 rings (SSSR count). The highest BCUT2D eigenvalue weighted by molar-refractivity contribution is 5.27. The Morgan fingerprint density at radius 2 is 1.70 bits per heavy atom. The fourth-order valence-electron chi connectivity index (χ4n) is 5.30. The van der Waals surface area contributed by atoms with Crippen molar-refractivity contribution in [3.05, 3.63) is 29.8 Å². The molecule has 0 aromatic heterocycles. The zero-order valence-electron chi connectivity index (χ0n) is 16.6. The average molecular weight is 375 g/mol. The van der Waals surface area contributed by atoms with Gasteiger partial charge in [0.05, 0.1) is 19.8 Å². The van der Waals surface area contributed by atoms with Gasteiger partial charge in [-0.3, -0.25) is 9.80 Å². The minimum absolute atomic E-state index is 0.605. The number of nitrogens with zero attached hydrogens (tertiary/aromatic N) is 2. The Hall–Kier alpha value is -1.14. The summed E-state index contributed by atoms with van der Waals surface area (Å²) in [6.07, 6.45) is 4.19. The molecule has 0 N–H and O–H groups in total. The molecule has 3 aliphatic rings. The van der Waals surface area contributed by atoms with E-state index >= 15 is 0 Å². The van der Waals surface area contributed by atoms with Crippen LogP contribution in [0.4, 0.5) is 0 Å². The van der Waals surface area contributed by atoms with Crippen LogP contribution in [0.5, 0.6) is 5.75 Å². The van der Waals surface area contributed by atoms with Gasteiger partial charge in [-0.05, 0) is 42.4 Å². The zero-order valence-corrected chi connectivity index (χ0v) is 16.6. The van der Waals surface area contributed by atoms with Crippen LogP contribution >= 0.6 is 0 Å². The van der Waals surface area contributed by atoms with E-state index in [0.29, 0.717) is 13.2 Å². The van der Waals surface area contributed by atoms with Gasteiger partial charge in [0, 0.05) is 45.9 Å². The normalized spacial score (nSPS) is 29.6. The smallest absolute Gasteiger partial charge is 0.119 e. The fourth-order valence-corrected chi connectivity index (χ4v) is 5.30. The van der Waals surface area contributed by atoms with Gasteiger partial charge in [-0.2, -0.15) is 0 Å². The number of hydrogen-bond donors (Lipinski definition) is 0. The van der Waals surface area contributed by atoms with Gasteiger partial charge in [-0.1, -0.05) is 18.6 Å². The monoisotopic (exact) mass is 374 g/mol. The molecular formula is C22H34N2O3. The Morgan fingerprint density at radius 1 is 1.00 bits per heavy atom. The number of hydrogen-bond acceptors (Lipinski definition) is 5. The van der Waals surface area contributed by atoms with Crippen LogP contribution in [0.25, 0.3) is 0 Å². The second-order valence-corrected chi connectivity index (χ2v) is 8.27. The van der Waals surface area contributed by atoms with Crippen LogP contribution in [-0.2, 0) is 16.0 Å². The molecule has 2 bridgehead atoms. The topological polar surface area (TPSA) is 34.2 Å². The Morgan fingerprint density at radius 3 is 2.37 bits per heavy atom. The lowest BCUT2D eigenvalue weighted by Gasteiger charge is -2.52. The van der Waals surface area contributed by atoms with Gasteiger partial charge in [0.1, 0.15) is 12.4 Å². The molecule has 1 aromatic carbocycles. The summed E-state index contributed by atoms with van der Waals surface area (Å²) >= 11 is 0. The van der Waals surface area contributed by atoms with Gasteiger partial charge in [0.15, 0.2) is 0 Å². The van der Waals surface area contributed by atoms with Crippen molar-refractivity contribution < 1.29 is 14.2 Å². The highest BCUT2D eigenvalue weighted by Crippen LogP contribution is 2.38. The Kier molecular flexibility index (Phi) is 6.66. The van der Waals surface area contributed by atoms with E-state index in [9.17, 15) is 0 Å². The van der Waals surface area contributed by atoms with Crippen LogP contribution in [0.1, 0.15) is 24.8 Å². The van der Waals surface area contributed by atoms with Gasteiger partial charge < -0.3 is 14.2 Å². The summed E-state index contributed by atoms with van der Waals surface area (Å²) < 4.78 is 16.3. The first kappa shape index (κ1) is 19.2. The third kappa shape index (κ3) is 4.83. The highest BCUT2D eigenvalue weighted by atomic mass is 16.5. The summed E-state index contributed by atoms with van der Waals surface area (Å²) in [6, 6.07) is 9.40. The van der Waals surface area contributed by atoms with Crippen molar-refractivity contribution in [2.24, 2.45) is 11.8 Å². The molecule has 0 amide bonds. The zero-order chi connectivity index (χ0) is 18.5. The maximum atomic E-state index is 5.68. The van der Waals surface area contributed by atoms with Gasteiger partial charge >= 0.3 is 0 Å². The lowest BCUT2D eigenvalue weighted by molar-refractivity contribution is -0.0623. The van der Waals surface area contributed by atoms with Gasteiger partial charge in [0.2, 0.25) is 0 Å². The van der Waals surface area contributed by atoms with Crippen molar-refractivity contribution in [3.8, 4) is 5.75 Å². The largest absolute Gasteiger partial charge is 0.491 e. The first-order valence-electron chi connectivity index (χ1n) is 10.6. The van der Waals surface area contributed by atoms with Crippen molar-refractivity contribution in [2.75, 3.05) is 59.7 Å². The molecule has 5 heteroatoms. The minimum atomic E-state index is 0.605. The molecule has 2 heterocycles. The van der Waals surface area contributed by atoms with E-state index in [1.165, 1.54) is 37.9 Å². The first-order valence-corrected chi connectivity index (χ1v) is 10.6. The van der Waals surface area contributed by atoms with Crippen LogP contribution < -0.4 is 4.74 Å². The lowest BCUT2D eigenvalue weighted by Crippen LogP contribution is -2.59. The molecule has 0 radical (unpaired) electrons. The molecule has 2 aliphatic heterocycles. The van der Waals surface area contributed by atoms with E-state index < -0.39 is 0 Å². The van der Waals surface area contributed by atoms with Gasteiger partial charge in [-0.25, -0.2) is 0 Å². The lowest BCUT2D eigenvalue weighted by atomic mass is 9.72. The van der Waals surface area contributed by atoms with Crippen LogP contribution in [-0.4, -0.2) is 75.6 Å². The van der Waals surface area contributed by atoms with Crippen molar-refractivity contribution in [2.45, 2.75) is 31.8 Å². The summed E-state index contributed by atoms with van der Waals surface area (Å²) in [7, 11) is 1.70. The van der Waals surface area contributed by atoms with Gasteiger partial charge in [0.25, 0.3) is 0 Å². The van der Waals surface area contributed by atoms with Crippen molar-refractivity contribution in [3.63, 3.8) is 0 Å². The number of rotatable bonds is 7. The predicted octanol–water partition coefficient (Wildman–Crippen LogP) is 2.64. The Bertz CT molecular complexity index is 559. The molecule has 1 aromatic rings. The molecule has 1 saturated carbocycles. The number of morpholine rings is 1. The summed E-state index contributed by atoms with van der Waals surface area (Å²) in [5, 5.41) is 0. The fraction of sp³-hybridized carbons (Fsp3) is 0.727. The maximum Gasteiger partial charge on any atom is 0.119 e. The molecule has 150 valence electrons. The van der Waals surface area contributed by atoms with Crippen molar-refractivity contribution in [1.82, 2.24) is 9.80 Å². The minimum Gasteiger partial charge on any atom is -0.491 e. The standard InChI is InChI=1S/C22H34N2O3/c1-25-13-14-27-21-7-5-18(6-8-21)15-23-16-19-3-2-4-20(17-23)22(19)24-9-11-26-12-10-24/h5-8,19-20,22H,2-4,9-17H2,1H3/t19-,20-/m1/s1. The number of methoxy groups -OCH3 is 1. The van der Waals surface area contributed by atoms with Crippen LogP contribution in [0.2, 0.25) is 0 Å². The third-order valence-electron chi connectivity index (χ3n) is 6.45. The molecule has 0 spiro atoms. The predicted molar refractivity (Wildman–Crippen MR) is 106 cm³/mol. The average Bonchev–Trinajstić information content (AvgIpc) is 2.69. The number of ether oxygens (including phenoxy) is 3. The SMILES string of the molecule is COCCOc1ccc(CN2C[C@H]3CCC[C@H](C2)C3N2CCOCC2)cc1. The number of benzene rings is 1. The van der Waals surface area contributed by atoms with Crippen LogP contribution in [0, 0.1) is 11.8 Å². The second kappa shape index (κ2) is 9.37. The summed E-state index contributed by atoms with van der Waals surface area (Å²) in [5.41, 5.74) is 1.39. The van der Waals surface area contributed by atoms with Crippen LogP contribution in [0.3, 0.4) is 0 Å². The van der Waals surface area contributed by atoms with E-state index in [1.54, 1.807) is 7.11 Å². The first-order chi connectivity index (χ1) is 13.3. The maximum absolute atomic E-state index is 5.68. The molecule has 1 aliphatic carbocycles. The number of fused-ring (bicyclic) bond motifs is 2. The van der Waals surface area contributed by atoms with Crippen LogP contribution in [0.15, 0.2) is 24.3 Å². The molecule has 2 atom stereocenters. The Labute approximate surface area is 163 Å². The molecule has 0 unspecified atom stereocenters. The number of likely N-dealkylation sites (tertiary alicyclic amines) is 1. The molecular weight excluding hydrogens is 340 g/mol. The van der Waals surface area contributed by atoms with E-state index in [-0.39, 0.29) is 0 Å². The van der Waals surface area contributed by atoms with E-state index in [0.717, 1.165) is 56.5 Å². The van der Waals surface area contributed by atoms with Crippen molar-refractivity contribution in [1.29, 1.82) is 0 Å². The highest BCUT2D eigenvalue weighted by Gasteiger charge is 2.42. The van der Waals surface area contributed by atoms with Gasteiger partial charge in [-0.15, -0.1) is 0 Å². The van der Waals surface area contributed by atoms with E-state index in [4.69, 9.17) is 14.2 Å². The quantitative estimate of drug-likeness (QED) is 0.686. The summed E-state index contributed by atoms with van der Waals surface area (Å²) in [6.45, 7) is 8.86. The third-order valence-corrected chi connectivity index (χ3v) is 6.45. The molecule has 5 nitrogen and oxygen atoms in total. The summed E-state index contributed by atoms with van der Waals surface area (Å²) in [5.74, 6) is 2.58. The van der Waals surface area contributed by atoms with E-state index in [1.807, 2.05) is 0 Å². The number of piperidine rings is 1. The van der Waals surface area contributed by atoms with Crippen molar-refractivity contribution >= 4 is 0 Å².